The number of aromatic amines is 1. The maximum Gasteiger partial charge on any atom is 0.410 e. The molecule has 0 saturated heterocycles. The van der Waals surface area contributed by atoms with Crippen LogP contribution in [0, 0.1) is 0 Å². The van der Waals surface area contributed by atoms with Crippen LogP contribution in [0.5, 0.6) is 5.75 Å². The second-order valence-electron chi connectivity index (χ2n) is 10.4. The number of H-pyrrole nitrogens is 1. The molecule has 0 radical (unpaired) electrons. The summed E-state index contributed by atoms with van der Waals surface area (Å²) in [4.78, 5) is 29.4. The Morgan fingerprint density at radius 1 is 1.15 bits per heavy atom. The van der Waals surface area contributed by atoms with E-state index in [0.717, 1.165) is 22.2 Å². The van der Waals surface area contributed by atoms with Crippen molar-refractivity contribution in [1.82, 2.24) is 15.2 Å². The molecule has 0 atom stereocenters. The summed E-state index contributed by atoms with van der Waals surface area (Å²) in [6.45, 7) is 11.7. The highest BCUT2D eigenvalue weighted by Crippen LogP contribution is 2.31. The van der Waals surface area contributed by atoms with Gasteiger partial charge < -0.3 is 29.4 Å². The molecular formula is C25H34FN3O5. The van der Waals surface area contributed by atoms with Crippen LogP contribution >= 0.6 is 0 Å². The third kappa shape index (κ3) is 6.88. The van der Waals surface area contributed by atoms with E-state index in [1.54, 1.807) is 31.7 Å². The second kappa shape index (κ2) is 9.95. The molecule has 1 aliphatic heterocycles. The molecule has 2 N–H and O–H groups in total. The van der Waals surface area contributed by atoms with E-state index in [0.29, 0.717) is 31.6 Å². The minimum Gasteiger partial charge on any atom is -0.489 e. The Balaban J connectivity index is 1.65. The molecule has 3 rings (SSSR count). The van der Waals surface area contributed by atoms with Crippen LogP contribution in [0.3, 0.4) is 0 Å². The van der Waals surface area contributed by atoms with Gasteiger partial charge in [0.2, 0.25) is 0 Å². The molecule has 34 heavy (non-hydrogen) atoms. The first-order chi connectivity index (χ1) is 15.8. The number of hydrogen-bond acceptors (Lipinski definition) is 5. The summed E-state index contributed by atoms with van der Waals surface area (Å²) in [6.07, 6.45) is 0.161. The number of fused-ring (bicyclic) bond motifs is 3. The van der Waals surface area contributed by atoms with Crippen molar-refractivity contribution in [2.45, 2.75) is 65.7 Å². The fourth-order valence-electron chi connectivity index (χ4n) is 3.56. The number of carbonyl (C=O) groups is 2. The Morgan fingerprint density at radius 2 is 1.85 bits per heavy atom. The number of nitrogens with one attached hydrogen (secondary N) is 2. The zero-order valence-electron chi connectivity index (χ0n) is 20.7. The van der Waals surface area contributed by atoms with Gasteiger partial charge in [0.05, 0.1) is 12.9 Å². The van der Waals surface area contributed by atoms with Gasteiger partial charge in [0.25, 0.3) is 0 Å². The molecule has 9 heteroatoms. The van der Waals surface area contributed by atoms with Gasteiger partial charge in [-0.05, 0) is 59.7 Å². The highest BCUT2D eigenvalue weighted by Gasteiger charge is 2.28. The summed E-state index contributed by atoms with van der Waals surface area (Å²) in [5.41, 5.74) is 2.11. The van der Waals surface area contributed by atoms with Gasteiger partial charge in [0.1, 0.15) is 23.6 Å². The molecule has 0 aliphatic carbocycles. The molecule has 186 valence electrons. The Morgan fingerprint density at radius 3 is 2.50 bits per heavy atom. The largest absolute Gasteiger partial charge is 0.489 e. The van der Waals surface area contributed by atoms with Crippen molar-refractivity contribution in [3.8, 4) is 5.75 Å². The molecule has 0 unspecified atom stereocenters. The first kappa shape index (κ1) is 25.4. The van der Waals surface area contributed by atoms with Crippen molar-refractivity contribution >= 4 is 23.1 Å². The molecule has 0 spiro atoms. The van der Waals surface area contributed by atoms with Crippen molar-refractivity contribution < 1.29 is 28.2 Å². The van der Waals surface area contributed by atoms with Crippen molar-refractivity contribution in [3.63, 3.8) is 0 Å². The van der Waals surface area contributed by atoms with Gasteiger partial charge in [0.15, 0.2) is 0 Å². The molecule has 2 aromatic rings. The normalized spacial score (nSPS) is 14.6. The van der Waals surface area contributed by atoms with Gasteiger partial charge in [-0.15, -0.1) is 0 Å². The minimum atomic E-state index is -0.635. The summed E-state index contributed by atoms with van der Waals surface area (Å²) < 4.78 is 29.8. The second-order valence-corrected chi connectivity index (χ2v) is 10.4. The monoisotopic (exact) mass is 475 g/mol. The third-order valence-electron chi connectivity index (χ3n) is 5.04. The number of ether oxygens (including phenoxy) is 3. The van der Waals surface area contributed by atoms with Crippen LogP contribution < -0.4 is 10.1 Å². The average Bonchev–Trinajstić information content (AvgIpc) is 3.08. The Bertz CT molecular complexity index is 1080. The molecule has 1 aromatic carbocycles. The van der Waals surface area contributed by atoms with Crippen molar-refractivity contribution in [3.05, 3.63) is 41.4 Å². The zero-order valence-corrected chi connectivity index (χ0v) is 20.7. The van der Waals surface area contributed by atoms with Gasteiger partial charge in [-0.25, -0.2) is 14.0 Å². The number of benzene rings is 1. The highest BCUT2D eigenvalue weighted by atomic mass is 19.1. The molecule has 2 amide bonds. The van der Waals surface area contributed by atoms with Gasteiger partial charge in [0, 0.05) is 47.2 Å². The predicted octanol–water partition coefficient (Wildman–Crippen LogP) is 5.22. The molecule has 0 saturated carbocycles. The maximum atomic E-state index is 13.3. The molecule has 2 heterocycles. The topological polar surface area (TPSA) is 92.9 Å². The number of hydrogen-bond donors (Lipinski definition) is 2. The average molecular weight is 476 g/mol. The highest BCUT2D eigenvalue weighted by molar-refractivity contribution is 5.87. The summed E-state index contributed by atoms with van der Waals surface area (Å²) in [5, 5.41) is 3.46. The van der Waals surface area contributed by atoms with Gasteiger partial charge in [-0.1, -0.05) is 0 Å². The van der Waals surface area contributed by atoms with E-state index in [-0.39, 0.29) is 24.8 Å². The number of alkyl carbamates (subject to hydrolysis) is 1. The van der Waals surface area contributed by atoms with Crippen LogP contribution in [-0.4, -0.2) is 53.0 Å². The predicted molar refractivity (Wildman–Crippen MR) is 128 cm³/mol. The number of aromatic nitrogens is 1. The van der Waals surface area contributed by atoms with Gasteiger partial charge in [-0.3, -0.25) is 0 Å². The Labute approximate surface area is 199 Å². The molecule has 8 nitrogen and oxygen atoms in total. The summed E-state index contributed by atoms with van der Waals surface area (Å²) in [5.74, 6) is 0.556. The first-order valence-electron chi connectivity index (χ1n) is 11.3. The first-order valence-corrected chi connectivity index (χ1v) is 11.3. The Kier molecular flexibility index (Phi) is 7.43. The number of rotatable bonds is 5. The third-order valence-corrected chi connectivity index (χ3v) is 5.04. The van der Waals surface area contributed by atoms with Crippen LogP contribution in [0.2, 0.25) is 0 Å². The number of amides is 2. The molecule has 0 fully saturated rings. The standard InChI is InChI=1S/C25H34FN3O5/c1-24(2,3)33-22(30)27-13-16(12-26)15-32-17-7-8-20-18(11-17)19-14-29(10-9-21(19)28-20)23(31)34-25(4,5)6/h7-8,11-12,28H,9-10,13-15H2,1-6H3,(H,27,30)/b16-12+. The lowest BCUT2D eigenvalue weighted by Crippen LogP contribution is -2.39. The van der Waals surface area contributed by atoms with E-state index in [9.17, 15) is 14.0 Å². The summed E-state index contributed by atoms with van der Waals surface area (Å²) in [7, 11) is 0. The molecule has 1 aliphatic rings. The molecular weight excluding hydrogens is 441 g/mol. The van der Waals surface area contributed by atoms with E-state index < -0.39 is 17.3 Å². The lowest BCUT2D eigenvalue weighted by molar-refractivity contribution is 0.0224. The van der Waals surface area contributed by atoms with E-state index in [4.69, 9.17) is 14.2 Å². The summed E-state index contributed by atoms with van der Waals surface area (Å²) >= 11 is 0. The quantitative estimate of drug-likeness (QED) is 0.619. The van der Waals surface area contributed by atoms with Crippen LogP contribution in [0.1, 0.15) is 52.8 Å². The summed E-state index contributed by atoms with van der Waals surface area (Å²) in [6, 6.07) is 5.58. The lowest BCUT2D eigenvalue weighted by atomic mass is 10.0. The lowest BCUT2D eigenvalue weighted by Gasteiger charge is -2.30. The van der Waals surface area contributed by atoms with Crippen LogP contribution in [0.4, 0.5) is 14.0 Å². The maximum absolute atomic E-state index is 13.3. The van der Waals surface area contributed by atoms with E-state index >= 15 is 0 Å². The number of carbonyl (C=O) groups excluding carboxylic acids is 2. The van der Waals surface area contributed by atoms with Gasteiger partial charge in [-0.2, -0.15) is 0 Å². The smallest absolute Gasteiger partial charge is 0.410 e. The van der Waals surface area contributed by atoms with Crippen LogP contribution in [-0.2, 0) is 22.4 Å². The van der Waals surface area contributed by atoms with Crippen molar-refractivity contribution in [2.24, 2.45) is 0 Å². The zero-order chi connectivity index (χ0) is 25.1. The number of nitrogens with zero attached hydrogens (tertiary/aromatic N) is 1. The molecule has 0 bridgehead atoms. The van der Waals surface area contributed by atoms with E-state index in [2.05, 4.69) is 10.3 Å². The van der Waals surface area contributed by atoms with E-state index in [1.807, 2.05) is 32.9 Å². The van der Waals surface area contributed by atoms with Crippen molar-refractivity contribution in [2.75, 3.05) is 19.7 Å². The van der Waals surface area contributed by atoms with Crippen molar-refractivity contribution in [1.29, 1.82) is 0 Å². The fourth-order valence-corrected chi connectivity index (χ4v) is 3.56. The van der Waals surface area contributed by atoms with Gasteiger partial charge >= 0.3 is 12.2 Å². The molecule has 1 aromatic heterocycles. The van der Waals surface area contributed by atoms with Crippen LogP contribution in [0.25, 0.3) is 10.9 Å². The fraction of sp³-hybridized carbons (Fsp3) is 0.520. The Hall–Kier alpha value is -3.23. The van der Waals surface area contributed by atoms with Crippen LogP contribution in [0.15, 0.2) is 30.1 Å². The minimum absolute atomic E-state index is 0.0297. The number of halogens is 1. The van der Waals surface area contributed by atoms with E-state index in [1.165, 1.54) is 0 Å². The SMILES string of the molecule is CC(C)(C)OC(=O)NC/C(=C\F)COc1ccc2[nH]c3c(c2c1)CN(C(=O)OC(C)(C)C)CC3.